The van der Waals surface area contributed by atoms with E-state index in [-0.39, 0.29) is 94.1 Å². The summed E-state index contributed by atoms with van der Waals surface area (Å²) in [6, 6.07) is 16.8. The largest absolute Gasteiger partial charge is 0.481 e. The summed E-state index contributed by atoms with van der Waals surface area (Å²) in [6.45, 7) is 1.32. The van der Waals surface area contributed by atoms with E-state index in [0.717, 1.165) is 25.5 Å². The Morgan fingerprint density at radius 1 is 0.466 bits per heavy atom. The molecule has 0 atom stereocenters. The minimum atomic E-state index is -0.757. The van der Waals surface area contributed by atoms with Gasteiger partial charge < -0.3 is 53.6 Å². The lowest BCUT2D eigenvalue weighted by molar-refractivity contribution is -0.159. The standard InChI is InChI=1S/2C29H30N8O7/c30-19-20(22(39)21(19)38)31-12-15-2-1-3-16(10-15)13-32-24(41)18-11-17(34-26-35-36-27(44)37(18)26)23(40)33-14-28-4-7-29(8-5-28,9-6-28)25(42)43;30-19-20(22(39)21(19)38)31-12-15-2-1-3-16(10-15)13-32-23(40)17-11-18(37-26(34-17)35-36-27(37)44)24(41)33-14-28-4-7-29(8-5-28,9-6-28)25(42)43/h1-3,10-11,31H,4-9,12-14,30H2,(H,32,41)(H,33,40)(H,36,44)(H,42,43);1-3,10-11,31H,4-9,12-14,30H2,(H,32,40)(H,33,41)(H,36,44)(H,42,43). The highest BCUT2D eigenvalue weighted by Crippen LogP contribution is 2.58. The third-order valence-corrected chi connectivity index (χ3v) is 18.4. The fraction of sp³-hybridized carbons (Fsp3) is 0.379. The molecule has 4 heterocycles. The van der Waals surface area contributed by atoms with Crippen LogP contribution in [0.25, 0.3) is 11.6 Å². The molecule has 88 heavy (non-hydrogen) atoms. The smallest absolute Gasteiger partial charge is 0.349 e. The van der Waals surface area contributed by atoms with Gasteiger partial charge in [0.1, 0.15) is 45.5 Å². The molecule has 0 saturated heterocycles. The zero-order valence-electron chi connectivity index (χ0n) is 47.1. The van der Waals surface area contributed by atoms with Crippen LogP contribution in [0.4, 0.5) is 22.7 Å². The first kappa shape index (κ1) is 59.1. The van der Waals surface area contributed by atoms with Crippen molar-refractivity contribution in [2.45, 2.75) is 103 Å². The summed E-state index contributed by atoms with van der Waals surface area (Å²) in [5.41, 5.74) is 7.82. The lowest BCUT2D eigenvalue weighted by Gasteiger charge is -2.51. The summed E-state index contributed by atoms with van der Waals surface area (Å²) in [7, 11) is 0. The number of nitrogens with one attached hydrogen (secondary N) is 8. The molecule has 0 radical (unpaired) electrons. The fourth-order valence-electron chi connectivity index (χ4n) is 12.6. The molecule has 30 nitrogen and oxygen atoms in total. The second-order valence-corrected chi connectivity index (χ2v) is 23.5. The van der Waals surface area contributed by atoms with Gasteiger partial charge in [-0.3, -0.25) is 47.9 Å². The molecule has 456 valence electrons. The van der Waals surface area contributed by atoms with Crippen molar-refractivity contribution in [3.8, 4) is 0 Å². The lowest BCUT2D eigenvalue weighted by Crippen LogP contribution is -2.50. The zero-order valence-corrected chi connectivity index (χ0v) is 47.1. The topological polar surface area (TPSA) is 461 Å². The highest BCUT2D eigenvalue weighted by molar-refractivity contribution is 5.99. The number of nitrogen functional groups attached to an aromatic ring is 2. The summed E-state index contributed by atoms with van der Waals surface area (Å²) in [5, 5.41) is 48.5. The Morgan fingerprint density at radius 3 is 1.18 bits per heavy atom. The number of amides is 4. The number of nitrogens with zero attached hydrogens (tertiary/aromatic N) is 6. The molecule has 30 heteroatoms. The predicted molar refractivity (Wildman–Crippen MR) is 314 cm³/mol. The Kier molecular flexibility index (Phi) is 15.4. The highest BCUT2D eigenvalue weighted by atomic mass is 16.4. The van der Waals surface area contributed by atoms with Crippen molar-refractivity contribution in [1.82, 2.24) is 60.4 Å². The Morgan fingerprint density at radius 2 is 0.807 bits per heavy atom. The number of hydrogen-bond donors (Lipinski definition) is 12. The average Bonchev–Trinajstić information content (AvgIpc) is 3.29. The molecule has 4 amide bonds. The van der Waals surface area contributed by atoms with Gasteiger partial charge in [-0.25, -0.2) is 38.6 Å². The molecular formula is C58H60N16O14. The molecule has 6 fully saturated rings. The molecule has 0 spiro atoms. The van der Waals surface area contributed by atoms with Gasteiger partial charge in [0, 0.05) is 39.3 Å². The average molecular weight is 1210 g/mol. The van der Waals surface area contributed by atoms with Gasteiger partial charge >= 0.3 is 23.3 Å². The monoisotopic (exact) mass is 1200 g/mol. The SMILES string of the molecule is Nc1c(NCc2cccc(CNC(=O)c3cc(C(=O)NCC45CCC(C(=O)O)(CC4)CC5)n4c(=O)[nH]nc4n3)c2)c(=O)c1=O.Nc1c(NCc2cccc(CNC(=O)c3cc(C(=O)NCC45CCC(C(=O)O)(CC4)CC5)nc4n[nH]c(=O)n34)c2)c(=O)c1=O. The maximum absolute atomic E-state index is 13.4. The molecule has 4 aromatic heterocycles. The van der Waals surface area contributed by atoms with Crippen LogP contribution in [0.2, 0.25) is 0 Å². The summed E-state index contributed by atoms with van der Waals surface area (Å²) >= 11 is 0. The number of carbonyl (C=O) groups is 6. The van der Waals surface area contributed by atoms with Crippen LogP contribution in [0, 0.1) is 21.7 Å². The number of carboxylic acid groups (broad SMARTS) is 2. The summed E-state index contributed by atoms with van der Waals surface area (Å²) in [4.78, 5) is 156. The van der Waals surface area contributed by atoms with Crippen molar-refractivity contribution in [1.29, 1.82) is 0 Å². The molecule has 6 saturated carbocycles. The van der Waals surface area contributed by atoms with Crippen LogP contribution in [0.1, 0.15) is 141 Å². The van der Waals surface area contributed by atoms with E-state index in [4.69, 9.17) is 11.5 Å². The number of aliphatic carboxylic acids is 2. The maximum atomic E-state index is 13.4. The number of carbonyl (C=O) groups excluding carboxylic acids is 4. The summed E-state index contributed by atoms with van der Waals surface area (Å²) in [5.74, 6) is -4.13. The van der Waals surface area contributed by atoms with Crippen molar-refractivity contribution in [2.24, 2.45) is 21.7 Å². The maximum Gasteiger partial charge on any atom is 0.349 e. The number of fused-ring (bicyclic) bond motifs is 8. The van der Waals surface area contributed by atoms with Gasteiger partial charge in [-0.05, 0) is 122 Å². The minimum Gasteiger partial charge on any atom is -0.481 e. The van der Waals surface area contributed by atoms with Crippen molar-refractivity contribution < 1.29 is 39.0 Å². The van der Waals surface area contributed by atoms with Crippen LogP contribution in [0.3, 0.4) is 0 Å². The second kappa shape index (κ2) is 23.0. The highest BCUT2D eigenvalue weighted by Gasteiger charge is 2.54. The van der Waals surface area contributed by atoms with E-state index in [9.17, 15) is 67.7 Å². The number of H-pyrrole nitrogens is 2. The molecule has 14 rings (SSSR count). The van der Waals surface area contributed by atoms with Gasteiger partial charge in [-0.1, -0.05) is 48.5 Å². The molecule has 14 N–H and O–H groups in total. The number of benzene rings is 2. The summed E-state index contributed by atoms with van der Waals surface area (Å²) in [6.07, 6.45) is 7.60. The Labute approximate surface area is 495 Å². The van der Waals surface area contributed by atoms with Gasteiger partial charge in [0.05, 0.1) is 10.8 Å². The lowest BCUT2D eigenvalue weighted by atomic mass is 9.53. The van der Waals surface area contributed by atoms with Gasteiger partial charge in [-0.2, -0.15) is 0 Å². The van der Waals surface area contributed by atoms with E-state index in [1.807, 2.05) is 0 Å². The van der Waals surface area contributed by atoms with Crippen LogP contribution >= 0.6 is 0 Å². The van der Waals surface area contributed by atoms with Crippen LogP contribution < -0.4 is 76.5 Å². The third kappa shape index (κ3) is 11.1. The molecule has 6 aliphatic rings. The van der Waals surface area contributed by atoms with E-state index >= 15 is 0 Å². The van der Waals surface area contributed by atoms with Crippen molar-refractivity contribution in [3.63, 3.8) is 0 Å². The van der Waals surface area contributed by atoms with Crippen molar-refractivity contribution >= 4 is 69.9 Å². The molecular weight excluding hydrogens is 1140 g/mol. The van der Waals surface area contributed by atoms with Crippen molar-refractivity contribution in [2.75, 3.05) is 35.2 Å². The first-order chi connectivity index (χ1) is 42.0. The molecule has 0 aliphatic heterocycles. The molecule has 4 aromatic carbocycles. The van der Waals surface area contributed by atoms with Crippen LogP contribution in [0.15, 0.2) is 89.4 Å². The van der Waals surface area contributed by atoms with Crippen LogP contribution in [-0.2, 0) is 35.8 Å². The molecule has 8 aromatic rings. The predicted octanol–water partition coefficient (Wildman–Crippen LogP) is 0.586. The van der Waals surface area contributed by atoms with E-state index in [0.29, 0.717) is 95.7 Å². The Balaban J connectivity index is 0.000000182. The summed E-state index contributed by atoms with van der Waals surface area (Å²) < 4.78 is 1.98. The van der Waals surface area contributed by atoms with Gasteiger partial charge in [-0.15, -0.1) is 10.2 Å². The first-order valence-electron chi connectivity index (χ1n) is 28.4. The number of anilines is 4. The van der Waals surface area contributed by atoms with Crippen LogP contribution in [0.5, 0.6) is 0 Å². The Bertz CT molecular complexity index is 4410. The van der Waals surface area contributed by atoms with Gasteiger partial charge in [0.2, 0.25) is 0 Å². The van der Waals surface area contributed by atoms with E-state index in [1.54, 1.807) is 48.5 Å². The number of aromatic amines is 2. The minimum absolute atomic E-state index is 0.0766. The zero-order chi connectivity index (χ0) is 62.5. The molecule has 0 unspecified atom stereocenters. The molecule has 4 bridgehead atoms. The number of carboxylic acids is 2. The number of aromatic nitrogens is 8. The van der Waals surface area contributed by atoms with Gasteiger partial charge in [0.25, 0.3) is 56.9 Å². The van der Waals surface area contributed by atoms with E-state index < -0.39 is 79.5 Å². The second-order valence-electron chi connectivity index (χ2n) is 23.5. The molecule has 6 aliphatic carbocycles. The van der Waals surface area contributed by atoms with E-state index in [1.165, 1.54) is 12.1 Å². The first-order valence-corrected chi connectivity index (χ1v) is 28.4. The number of nitrogens with two attached hydrogens (primary N) is 2. The quantitative estimate of drug-likeness (QED) is 0.0465. The van der Waals surface area contributed by atoms with Crippen LogP contribution in [-0.4, -0.2) is 98.0 Å². The van der Waals surface area contributed by atoms with Gasteiger partial charge in [0.15, 0.2) is 0 Å². The van der Waals surface area contributed by atoms with Crippen molar-refractivity contribution in [3.05, 3.63) is 168 Å². The van der Waals surface area contributed by atoms with E-state index in [2.05, 4.69) is 62.3 Å². The Hall–Kier alpha value is -10.7. The third-order valence-electron chi connectivity index (χ3n) is 18.4. The fourth-order valence-corrected chi connectivity index (χ4v) is 12.6. The normalized spacial score (nSPS) is 20.9. The number of rotatable bonds is 20. The number of hydrogen-bond acceptors (Lipinski definition) is 20.